The van der Waals surface area contributed by atoms with E-state index >= 15 is 0 Å². The van der Waals surface area contributed by atoms with E-state index in [1.165, 1.54) is 12.1 Å². The van der Waals surface area contributed by atoms with Crippen molar-refractivity contribution in [2.45, 2.75) is 11.8 Å². The van der Waals surface area contributed by atoms with Crippen LogP contribution in [-0.4, -0.2) is 29.3 Å². The Morgan fingerprint density at radius 2 is 1.88 bits per heavy atom. The lowest BCUT2D eigenvalue weighted by atomic mass is 9.99. The summed E-state index contributed by atoms with van der Waals surface area (Å²) in [6, 6.07) is 6.32. The van der Waals surface area contributed by atoms with Crippen LogP contribution < -0.4 is 5.73 Å². The molecule has 1 rings (SSSR count). The number of ether oxygens (including phenoxy) is 1. The molecule has 0 aliphatic rings. The smallest absolute Gasteiger partial charge is 0.328 e. The van der Waals surface area contributed by atoms with E-state index in [0.29, 0.717) is 0 Å². The molecule has 90 valence electrons. The Hall–Kier alpha value is -1.14. The van der Waals surface area contributed by atoms with Gasteiger partial charge in [-0.15, -0.1) is 12.4 Å². The van der Waals surface area contributed by atoms with E-state index in [9.17, 15) is 15.0 Å². The van der Waals surface area contributed by atoms with Crippen LogP contribution in [0.5, 0.6) is 0 Å². The predicted octanol–water partition coefficient (Wildman–Crippen LogP) is -0.254. The number of nitrogens with two attached hydrogens (primary N) is 1. The van der Waals surface area contributed by atoms with Crippen LogP contribution in [0.2, 0.25) is 0 Å². The molecular weight excluding hydrogens is 234 g/mol. The molecule has 0 aliphatic heterocycles. The quantitative estimate of drug-likeness (QED) is 0.506. The first-order chi connectivity index (χ1) is 7.00. The van der Waals surface area contributed by atoms with E-state index in [-0.39, 0.29) is 18.0 Å². The van der Waals surface area contributed by atoms with Gasteiger partial charge in [0.15, 0.2) is 6.04 Å². The van der Waals surface area contributed by atoms with E-state index in [0.717, 1.165) is 7.11 Å². The molecule has 0 spiro atoms. The maximum Gasteiger partial charge on any atom is 0.328 e. The van der Waals surface area contributed by atoms with Gasteiger partial charge in [0.25, 0.3) is 0 Å². The van der Waals surface area contributed by atoms with Crippen LogP contribution in [0.25, 0.3) is 0 Å². The maximum atomic E-state index is 11.1. The average Bonchev–Trinajstić information content (AvgIpc) is 2.28. The normalized spacial score (nSPS) is 12.5. The van der Waals surface area contributed by atoms with Crippen LogP contribution in [0.3, 0.4) is 0 Å². The molecular formula is C10H14ClNO4. The molecule has 0 aromatic heterocycles. The SMILES string of the molecule is COC(=O)C(N)C(O)(O)c1ccccc1.Cl. The molecule has 4 N–H and O–H groups in total. The molecule has 1 aromatic carbocycles. The molecule has 0 amide bonds. The number of carbonyl (C=O) groups is 1. The predicted molar refractivity (Wildman–Crippen MR) is 59.8 cm³/mol. The third-order valence-corrected chi connectivity index (χ3v) is 2.09. The highest BCUT2D eigenvalue weighted by Crippen LogP contribution is 2.21. The van der Waals surface area contributed by atoms with Crippen LogP contribution >= 0.6 is 12.4 Å². The van der Waals surface area contributed by atoms with Gasteiger partial charge in [-0.05, 0) is 0 Å². The standard InChI is InChI=1S/C10H13NO4.ClH/c1-15-9(12)8(11)10(13,14)7-5-3-2-4-6-7;/h2-6,8,13-14H,11H2,1H3;1H. The zero-order valence-electron chi connectivity index (χ0n) is 8.66. The molecule has 6 heteroatoms. The average molecular weight is 248 g/mol. The molecule has 5 nitrogen and oxygen atoms in total. The number of rotatable bonds is 3. The van der Waals surface area contributed by atoms with Gasteiger partial charge in [-0.1, -0.05) is 30.3 Å². The number of methoxy groups -OCH3 is 1. The third kappa shape index (κ3) is 2.93. The molecule has 0 bridgehead atoms. The second-order valence-electron chi connectivity index (χ2n) is 3.09. The molecule has 1 unspecified atom stereocenters. The summed E-state index contributed by atoms with van der Waals surface area (Å²) in [5, 5.41) is 19.4. The number of halogens is 1. The van der Waals surface area contributed by atoms with E-state index in [2.05, 4.69) is 4.74 Å². The van der Waals surface area contributed by atoms with Crippen molar-refractivity contribution >= 4 is 18.4 Å². The van der Waals surface area contributed by atoms with Crippen molar-refractivity contribution < 1.29 is 19.7 Å². The number of esters is 1. The van der Waals surface area contributed by atoms with Gasteiger partial charge in [-0.25, -0.2) is 0 Å². The van der Waals surface area contributed by atoms with Crippen LogP contribution in [0.4, 0.5) is 0 Å². The van der Waals surface area contributed by atoms with Gasteiger partial charge in [-0.3, -0.25) is 4.79 Å². The fraction of sp³-hybridized carbons (Fsp3) is 0.300. The van der Waals surface area contributed by atoms with Crippen LogP contribution in [0, 0.1) is 0 Å². The summed E-state index contributed by atoms with van der Waals surface area (Å²) in [5.74, 6) is -3.31. The second kappa shape index (κ2) is 5.81. The van der Waals surface area contributed by atoms with E-state index in [1.807, 2.05) is 0 Å². The minimum atomic E-state index is -2.42. The van der Waals surface area contributed by atoms with Crippen molar-refractivity contribution in [3.8, 4) is 0 Å². The summed E-state index contributed by atoms with van der Waals surface area (Å²) in [7, 11) is 1.13. The first-order valence-electron chi connectivity index (χ1n) is 4.34. The van der Waals surface area contributed by atoms with Gasteiger partial charge >= 0.3 is 5.97 Å². The summed E-state index contributed by atoms with van der Waals surface area (Å²) in [6.45, 7) is 0. The summed E-state index contributed by atoms with van der Waals surface area (Å²) in [6.07, 6.45) is 0. The van der Waals surface area contributed by atoms with Crippen LogP contribution in [0.1, 0.15) is 5.56 Å². The Kier molecular flexibility index (Phi) is 5.40. The van der Waals surface area contributed by atoms with Gasteiger partial charge in [-0.2, -0.15) is 0 Å². The lowest BCUT2D eigenvalue weighted by molar-refractivity contribution is -0.198. The highest BCUT2D eigenvalue weighted by molar-refractivity contribution is 5.85. The van der Waals surface area contributed by atoms with Crippen molar-refractivity contribution in [3.05, 3.63) is 35.9 Å². The molecule has 1 atom stereocenters. The summed E-state index contributed by atoms with van der Waals surface area (Å²) in [5.41, 5.74) is 5.50. The van der Waals surface area contributed by atoms with E-state index < -0.39 is 17.8 Å². The number of hydrogen-bond donors (Lipinski definition) is 3. The van der Waals surface area contributed by atoms with Gasteiger partial charge < -0.3 is 20.7 Å². The highest BCUT2D eigenvalue weighted by Gasteiger charge is 2.39. The Morgan fingerprint density at radius 3 is 2.31 bits per heavy atom. The largest absolute Gasteiger partial charge is 0.468 e. The van der Waals surface area contributed by atoms with Crippen LogP contribution in [0.15, 0.2) is 30.3 Å². The van der Waals surface area contributed by atoms with Gasteiger partial charge in [0.1, 0.15) is 0 Å². The topological polar surface area (TPSA) is 92.8 Å². The minimum Gasteiger partial charge on any atom is -0.468 e. The van der Waals surface area contributed by atoms with Gasteiger partial charge in [0.2, 0.25) is 5.79 Å². The van der Waals surface area contributed by atoms with E-state index in [1.54, 1.807) is 18.2 Å². The number of hydrogen-bond acceptors (Lipinski definition) is 5. The van der Waals surface area contributed by atoms with Crippen LogP contribution in [-0.2, 0) is 15.3 Å². The Labute approximate surface area is 99.2 Å². The monoisotopic (exact) mass is 247 g/mol. The fourth-order valence-corrected chi connectivity index (χ4v) is 1.15. The Bertz CT molecular complexity index is 342. The first-order valence-corrected chi connectivity index (χ1v) is 4.34. The zero-order valence-corrected chi connectivity index (χ0v) is 9.48. The molecule has 1 aromatic rings. The summed E-state index contributed by atoms with van der Waals surface area (Å²) < 4.78 is 4.34. The molecule has 0 saturated heterocycles. The number of benzene rings is 1. The zero-order chi connectivity index (χ0) is 11.5. The lowest BCUT2D eigenvalue weighted by Gasteiger charge is -2.26. The Balaban J connectivity index is 0.00000225. The second-order valence-corrected chi connectivity index (χ2v) is 3.09. The molecule has 0 saturated carbocycles. The molecule has 0 aliphatic carbocycles. The molecule has 16 heavy (non-hydrogen) atoms. The summed E-state index contributed by atoms with van der Waals surface area (Å²) >= 11 is 0. The lowest BCUT2D eigenvalue weighted by Crippen LogP contribution is -2.51. The molecule has 0 radical (unpaired) electrons. The van der Waals surface area contributed by atoms with E-state index in [4.69, 9.17) is 5.73 Å². The first kappa shape index (κ1) is 14.9. The molecule has 0 fully saturated rings. The number of aliphatic hydroxyl groups is 2. The van der Waals surface area contributed by atoms with Crippen molar-refractivity contribution in [2.24, 2.45) is 5.73 Å². The van der Waals surface area contributed by atoms with Gasteiger partial charge in [0.05, 0.1) is 7.11 Å². The van der Waals surface area contributed by atoms with Gasteiger partial charge in [0, 0.05) is 5.56 Å². The van der Waals surface area contributed by atoms with Crippen molar-refractivity contribution in [3.63, 3.8) is 0 Å². The Morgan fingerprint density at radius 1 is 1.38 bits per heavy atom. The van der Waals surface area contributed by atoms with Crippen molar-refractivity contribution in [2.75, 3.05) is 7.11 Å². The summed E-state index contributed by atoms with van der Waals surface area (Å²) in [4.78, 5) is 11.1. The van der Waals surface area contributed by atoms with Crippen molar-refractivity contribution in [1.29, 1.82) is 0 Å². The number of carbonyl (C=O) groups excluding carboxylic acids is 1. The fourth-order valence-electron chi connectivity index (χ4n) is 1.15. The minimum absolute atomic E-state index is 0. The highest BCUT2D eigenvalue weighted by atomic mass is 35.5. The van der Waals surface area contributed by atoms with Crippen molar-refractivity contribution in [1.82, 2.24) is 0 Å². The maximum absolute atomic E-state index is 11.1. The molecule has 0 heterocycles. The third-order valence-electron chi connectivity index (χ3n) is 2.09.